The highest BCUT2D eigenvalue weighted by Crippen LogP contribution is 2.01. The fraction of sp³-hybridized carbons (Fsp3) is 0.200. The van der Waals surface area contributed by atoms with Crippen molar-refractivity contribution < 1.29 is 4.79 Å². The zero-order chi connectivity index (χ0) is 15.2. The Bertz CT molecular complexity index is 707. The average molecular weight is 281 g/mol. The average Bonchev–Trinajstić information content (AvgIpc) is 2.77. The van der Waals surface area contributed by atoms with E-state index in [-0.39, 0.29) is 12.5 Å². The zero-order valence-electron chi connectivity index (χ0n) is 11.9. The molecule has 6 heteroatoms. The molecule has 1 amide bonds. The van der Waals surface area contributed by atoms with Crippen LogP contribution in [-0.2, 0) is 11.3 Å². The Kier molecular flexibility index (Phi) is 4.46. The van der Waals surface area contributed by atoms with Gasteiger partial charge < -0.3 is 0 Å². The topological polar surface area (TPSA) is 83.1 Å². The van der Waals surface area contributed by atoms with Gasteiger partial charge in [-0.25, -0.2) is 5.43 Å². The van der Waals surface area contributed by atoms with Crippen LogP contribution in [0.25, 0.3) is 0 Å². The van der Waals surface area contributed by atoms with Crippen LogP contribution in [0.5, 0.6) is 0 Å². The highest BCUT2D eigenvalue weighted by Gasteiger charge is 2.05. The molecule has 2 rings (SSSR count). The SMILES string of the molecule is Cc1cc(C)n(CC(=O)N/N=C\c2ccc(C#N)cc2)n1. The van der Waals surface area contributed by atoms with Crippen molar-refractivity contribution in [2.45, 2.75) is 20.4 Å². The Hall–Kier alpha value is -2.94. The van der Waals surface area contributed by atoms with E-state index < -0.39 is 0 Å². The Morgan fingerprint density at radius 2 is 2.14 bits per heavy atom. The van der Waals surface area contributed by atoms with Crippen LogP contribution in [0.4, 0.5) is 0 Å². The number of aromatic nitrogens is 2. The van der Waals surface area contributed by atoms with Crippen LogP contribution >= 0.6 is 0 Å². The summed E-state index contributed by atoms with van der Waals surface area (Å²) in [5.41, 5.74) is 5.64. The molecule has 0 aliphatic rings. The number of carbonyl (C=O) groups is 1. The molecule has 0 saturated heterocycles. The van der Waals surface area contributed by atoms with E-state index in [1.807, 2.05) is 26.0 Å². The second-order valence-corrected chi connectivity index (χ2v) is 4.61. The van der Waals surface area contributed by atoms with E-state index in [0.29, 0.717) is 5.56 Å². The monoisotopic (exact) mass is 281 g/mol. The van der Waals surface area contributed by atoms with Gasteiger partial charge in [-0.2, -0.15) is 15.5 Å². The minimum absolute atomic E-state index is 0.129. The maximum atomic E-state index is 11.7. The predicted molar refractivity (Wildman–Crippen MR) is 78.6 cm³/mol. The lowest BCUT2D eigenvalue weighted by atomic mass is 10.2. The molecule has 0 radical (unpaired) electrons. The van der Waals surface area contributed by atoms with Crippen LogP contribution in [0.2, 0.25) is 0 Å². The number of hydrogen-bond acceptors (Lipinski definition) is 4. The van der Waals surface area contributed by atoms with E-state index in [9.17, 15) is 4.79 Å². The summed E-state index contributed by atoms with van der Waals surface area (Å²) in [5, 5.41) is 16.8. The van der Waals surface area contributed by atoms with Crippen molar-refractivity contribution in [1.29, 1.82) is 5.26 Å². The van der Waals surface area contributed by atoms with Gasteiger partial charge >= 0.3 is 0 Å². The van der Waals surface area contributed by atoms with Crippen molar-refractivity contribution in [2.75, 3.05) is 0 Å². The Morgan fingerprint density at radius 1 is 1.43 bits per heavy atom. The summed E-state index contributed by atoms with van der Waals surface area (Å²) in [6.07, 6.45) is 1.53. The molecular weight excluding hydrogens is 266 g/mol. The first kappa shape index (κ1) is 14.5. The van der Waals surface area contributed by atoms with Crippen molar-refractivity contribution in [3.05, 3.63) is 52.8 Å². The van der Waals surface area contributed by atoms with E-state index in [0.717, 1.165) is 17.0 Å². The lowest BCUT2D eigenvalue weighted by Gasteiger charge is -2.02. The van der Waals surface area contributed by atoms with Gasteiger partial charge in [0.05, 0.1) is 23.5 Å². The molecule has 0 fully saturated rings. The summed E-state index contributed by atoms with van der Waals surface area (Å²) in [6, 6.07) is 10.9. The van der Waals surface area contributed by atoms with Gasteiger partial charge in [0.15, 0.2) is 0 Å². The van der Waals surface area contributed by atoms with Crippen molar-refractivity contribution >= 4 is 12.1 Å². The molecule has 1 heterocycles. The smallest absolute Gasteiger partial charge is 0.261 e. The summed E-state index contributed by atoms with van der Waals surface area (Å²) in [4.78, 5) is 11.7. The normalized spacial score (nSPS) is 10.5. The molecule has 0 aliphatic carbocycles. The van der Waals surface area contributed by atoms with E-state index in [2.05, 4.69) is 15.6 Å². The highest BCUT2D eigenvalue weighted by atomic mass is 16.2. The van der Waals surface area contributed by atoms with Gasteiger partial charge in [0.25, 0.3) is 5.91 Å². The van der Waals surface area contributed by atoms with Gasteiger partial charge in [0.1, 0.15) is 6.54 Å². The third kappa shape index (κ3) is 4.01. The summed E-state index contributed by atoms with van der Waals surface area (Å²) in [7, 11) is 0. The van der Waals surface area contributed by atoms with Gasteiger partial charge in [-0.15, -0.1) is 0 Å². The predicted octanol–water partition coefficient (Wildman–Crippen LogP) is 1.52. The molecule has 0 bridgehead atoms. The molecule has 106 valence electrons. The maximum absolute atomic E-state index is 11.7. The molecule has 6 nitrogen and oxygen atoms in total. The summed E-state index contributed by atoms with van der Waals surface area (Å²) < 4.78 is 1.63. The molecule has 0 aliphatic heterocycles. The molecule has 0 unspecified atom stereocenters. The van der Waals surface area contributed by atoms with Gasteiger partial charge in [0.2, 0.25) is 0 Å². The molecule has 0 atom stereocenters. The number of benzene rings is 1. The van der Waals surface area contributed by atoms with Crippen molar-refractivity contribution in [1.82, 2.24) is 15.2 Å². The summed E-state index contributed by atoms with van der Waals surface area (Å²) in [5.74, 6) is -0.244. The molecular formula is C15H15N5O. The van der Waals surface area contributed by atoms with Crippen LogP contribution in [0.3, 0.4) is 0 Å². The number of rotatable bonds is 4. The molecule has 0 saturated carbocycles. The van der Waals surface area contributed by atoms with Crippen LogP contribution < -0.4 is 5.43 Å². The Morgan fingerprint density at radius 3 is 2.71 bits per heavy atom. The van der Waals surface area contributed by atoms with Crippen molar-refractivity contribution in [3.8, 4) is 6.07 Å². The number of nitrogens with zero attached hydrogens (tertiary/aromatic N) is 4. The molecule has 21 heavy (non-hydrogen) atoms. The molecule has 1 aromatic heterocycles. The maximum Gasteiger partial charge on any atom is 0.261 e. The van der Waals surface area contributed by atoms with Gasteiger partial charge in [-0.1, -0.05) is 12.1 Å². The summed E-state index contributed by atoms with van der Waals surface area (Å²) in [6.45, 7) is 3.90. The van der Waals surface area contributed by atoms with Crippen molar-refractivity contribution in [3.63, 3.8) is 0 Å². The lowest BCUT2D eigenvalue weighted by molar-refractivity contribution is -0.121. The number of aryl methyl sites for hydroxylation is 2. The second-order valence-electron chi connectivity index (χ2n) is 4.61. The van der Waals surface area contributed by atoms with Gasteiger partial charge in [-0.3, -0.25) is 9.48 Å². The van der Waals surface area contributed by atoms with Crippen molar-refractivity contribution in [2.24, 2.45) is 5.10 Å². The first-order valence-corrected chi connectivity index (χ1v) is 6.41. The third-order valence-corrected chi connectivity index (χ3v) is 2.84. The standard InChI is InChI=1S/C15H15N5O/c1-11-7-12(2)20(19-11)10-15(21)18-17-9-14-5-3-13(8-16)4-6-14/h3-7,9H,10H2,1-2H3,(H,18,21)/b17-9-. The first-order valence-electron chi connectivity index (χ1n) is 6.41. The minimum atomic E-state index is -0.244. The number of nitrogens with one attached hydrogen (secondary N) is 1. The Labute approximate surface area is 122 Å². The fourth-order valence-electron chi connectivity index (χ4n) is 1.83. The number of hydrogen-bond donors (Lipinski definition) is 1. The van der Waals surface area contributed by atoms with Crippen LogP contribution in [0, 0.1) is 25.2 Å². The molecule has 0 spiro atoms. The number of nitriles is 1. The molecule has 1 aromatic carbocycles. The summed E-state index contributed by atoms with van der Waals surface area (Å²) >= 11 is 0. The van der Waals surface area contributed by atoms with E-state index >= 15 is 0 Å². The highest BCUT2D eigenvalue weighted by molar-refractivity contribution is 5.82. The van der Waals surface area contributed by atoms with Gasteiger partial charge in [0, 0.05) is 5.69 Å². The third-order valence-electron chi connectivity index (χ3n) is 2.84. The Balaban J connectivity index is 1.90. The molecule has 1 N–H and O–H groups in total. The largest absolute Gasteiger partial charge is 0.271 e. The number of hydrazone groups is 1. The van der Waals surface area contributed by atoms with Gasteiger partial charge in [-0.05, 0) is 37.6 Å². The quantitative estimate of drug-likeness (QED) is 0.681. The minimum Gasteiger partial charge on any atom is -0.271 e. The van der Waals surface area contributed by atoms with Crippen LogP contribution in [-0.4, -0.2) is 21.9 Å². The fourth-order valence-corrected chi connectivity index (χ4v) is 1.83. The lowest BCUT2D eigenvalue weighted by Crippen LogP contribution is -2.24. The molecule has 2 aromatic rings. The van der Waals surface area contributed by atoms with E-state index in [1.54, 1.807) is 28.9 Å². The van der Waals surface area contributed by atoms with Crippen LogP contribution in [0.15, 0.2) is 35.4 Å². The van der Waals surface area contributed by atoms with Crippen LogP contribution in [0.1, 0.15) is 22.5 Å². The number of carbonyl (C=O) groups excluding carboxylic acids is 1. The zero-order valence-corrected chi connectivity index (χ0v) is 11.9. The van der Waals surface area contributed by atoms with E-state index in [1.165, 1.54) is 6.21 Å². The second kappa shape index (κ2) is 6.48. The van der Waals surface area contributed by atoms with E-state index in [4.69, 9.17) is 5.26 Å². The number of amides is 1. The first-order chi connectivity index (χ1) is 10.1.